The number of terminal acetylenes is 1. The number of nitrogens with zero attached hydrogens (tertiary/aromatic N) is 3. The summed E-state index contributed by atoms with van der Waals surface area (Å²) in [5.41, 5.74) is 3.54. The number of hydrogen-bond acceptors (Lipinski definition) is 5. The molecule has 1 saturated carbocycles. The molecule has 6 heteroatoms. The fourth-order valence-electron chi connectivity index (χ4n) is 6.20. The second-order valence-corrected chi connectivity index (χ2v) is 20.1. The van der Waals surface area contributed by atoms with Crippen LogP contribution in [0.1, 0.15) is 155 Å². The van der Waals surface area contributed by atoms with E-state index in [1.807, 2.05) is 13.8 Å². The Hall–Kier alpha value is -2.36. The Morgan fingerprint density at radius 1 is 0.746 bits per heavy atom. The summed E-state index contributed by atoms with van der Waals surface area (Å²) in [5, 5.41) is 0. The molecular formula is C53H88N3O2W-. The van der Waals surface area contributed by atoms with Gasteiger partial charge in [-0.1, -0.05) is 101 Å². The topological polar surface area (TPSA) is 28.2 Å². The van der Waals surface area contributed by atoms with E-state index in [9.17, 15) is 0 Å². The minimum absolute atomic E-state index is 0.274. The summed E-state index contributed by atoms with van der Waals surface area (Å²) in [5.74, 6) is 26.3. The molecule has 1 saturated heterocycles. The molecule has 0 aromatic rings. The van der Waals surface area contributed by atoms with Crippen LogP contribution in [-0.4, -0.2) is 92.6 Å². The minimum Gasteiger partial charge on any atom is -0.378 e. The smallest absolute Gasteiger partial charge is 0.0861 e. The van der Waals surface area contributed by atoms with E-state index in [4.69, 9.17) is 15.9 Å². The van der Waals surface area contributed by atoms with Gasteiger partial charge in [0, 0.05) is 7.11 Å². The molecule has 0 aromatic carbocycles. The Bertz CT molecular complexity index is 1480. The van der Waals surface area contributed by atoms with Gasteiger partial charge in [-0.15, -0.1) is 0 Å². The normalized spacial score (nSPS) is 20.3. The van der Waals surface area contributed by atoms with Gasteiger partial charge in [0.25, 0.3) is 0 Å². The third kappa shape index (κ3) is 34.0. The van der Waals surface area contributed by atoms with Crippen LogP contribution in [-0.2, 0) is 28.8 Å². The van der Waals surface area contributed by atoms with Gasteiger partial charge in [-0.25, -0.2) is 0 Å². The van der Waals surface area contributed by atoms with Crippen LogP contribution in [0.4, 0.5) is 0 Å². The molecular weight excluding hydrogens is 894 g/mol. The van der Waals surface area contributed by atoms with Gasteiger partial charge in [0.05, 0.1) is 31.6 Å². The van der Waals surface area contributed by atoms with E-state index in [1.54, 1.807) is 21.0 Å². The predicted molar refractivity (Wildman–Crippen MR) is 256 cm³/mol. The Morgan fingerprint density at radius 3 is 1.56 bits per heavy atom. The Balaban J connectivity index is -0.000000700. The van der Waals surface area contributed by atoms with Gasteiger partial charge in [0.2, 0.25) is 0 Å². The van der Waals surface area contributed by atoms with E-state index in [1.165, 1.54) is 70.7 Å². The van der Waals surface area contributed by atoms with Crippen LogP contribution in [0.2, 0.25) is 0 Å². The second-order valence-electron chi connectivity index (χ2n) is 18.6. The van der Waals surface area contributed by atoms with Crippen LogP contribution in [0.5, 0.6) is 0 Å². The molecule has 2 fully saturated rings. The largest absolute Gasteiger partial charge is 0.378 e. The zero-order chi connectivity index (χ0) is 46.2. The third-order valence-electron chi connectivity index (χ3n) is 9.79. The zero-order valence-corrected chi connectivity index (χ0v) is 44.7. The van der Waals surface area contributed by atoms with E-state index in [2.05, 4.69) is 179 Å². The average Bonchev–Trinajstić information content (AvgIpc) is 3.16. The van der Waals surface area contributed by atoms with Crippen molar-refractivity contribution in [3.8, 4) is 59.7 Å². The van der Waals surface area contributed by atoms with Crippen molar-refractivity contribution in [1.82, 2.24) is 14.7 Å². The molecule has 0 N–H and O–H groups in total. The summed E-state index contributed by atoms with van der Waals surface area (Å²) < 4.78 is 12.3. The van der Waals surface area contributed by atoms with Crippen LogP contribution in [0.15, 0.2) is 16.7 Å². The number of ether oxygens (including phenoxy) is 2. The van der Waals surface area contributed by atoms with Gasteiger partial charge < -0.3 is 9.47 Å². The summed E-state index contributed by atoms with van der Waals surface area (Å²) in [6.07, 6.45) is 21.9. The molecule has 5 unspecified atom stereocenters. The standard InChI is InChI=1S/C19H13.C11H22O2.C10H22.C7H19N3.C6H12.W/c1-6-10-12-13-16-18(15-11-7-2)19(14-8-3)17(5)9-4;1-6-10-11(12-5)8(3)7(2)9(4)13-10;1-9(2,3)7-8-10(4,5)6;1-8(2)6-10(5)7-9(3)4;1-2-4-6-5-3-1;/h2H,1,3-5H3;7-11H,6H2,1-5H3;7-8H2,1-6H3;6-7H2,1-5H3;1-6H2;/q-1;;;;;. The van der Waals surface area contributed by atoms with Crippen molar-refractivity contribution in [2.45, 2.75) is 173 Å². The number of hydrogen-bond donors (Lipinski definition) is 0. The quantitative estimate of drug-likeness (QED) is 0.0994. The molecule has 0 amide bonds. The van der Waals surface area contributed by atoms with Gasteiger partial charge in [0.15, 0.2) is 0 Å². The van der Waals surface area contributed by atoms with E-state index >= 15 is 0 Å². The van der Waals surface area contributed by atoms with E-state index in [-0.39, 0.29) is 12.2 Å². The summed E-state index contributed by atoms with van der Waals surface area (Å²) in [6, 6.07) is 0. The number of methoxy groups -OCH3 is 1. The first-order valence-electron chi connectivity index (χ1n) is 21.7. The molecule has 2 aliphatic rings. The maximum Gasteiger partial charge on any atom is 0.0861 e. The van der Waals surface area contributed by atoms with Crippen molar-refractivity contribution < 1.29 is 28.8 Å². The first-order valence-corrected chi connectivity index (χ1v) is 23.2. The van der Waals surface area contributed by atoms with Crippen molar-refractivity contribution in [2.75, 3.05) is 55.7 Å². The molecule has 0 spiro atoms. The molecule has 0 aromatic heterocycles. The molecule has 1 heterocycles. The molecule has 59 heavy (non-hydrogen) atoms. The molecule has 334 valence electrons. The van der Waals surface area contributed by atoms with Gasteiger partial charge in [-0.3, -0.25) is 14.7 Å². The van der Waals surface area contributed by atoms with Crippen molar-refractivity contribution in [2.24, 2.45) is 22.7 Å². The first-order chi connectivity index (χ1) is 27.5. The maximum absolute atomic E-state index is 5.90. The van der Waals surface area contributed by atoms with Crippen molar-refractivity contribution in [3.05, 3.63) is 22.8 Å². The minimum atomic E-state index is 0.274. The van der Waals surface area contributed by atoms with Crippen molar-refractivity contribution in [1.29, 1.82) is 0 Å². The van der Waals surface area contributed by atoms with Crippen LogP contribution in [0, 0.1) is 88.4 Å². The van der Waals surface area contributed by atoms with Crippen LogP contribution < -0.4 is 0 Å². The first kappa shape index (κ1) is 60.9. The van der Waals surface area contributed by atoms with Crippen molar-refractivity contribution >= 4 is 3.90 Å². The monoisotopic (exact) mass is 983 g/mol. The van der Waals surface area contributed by atoms with E-state index in [0.29, 0.717) is 28.8 Å². The summed E-state index contributed by atoms with van der Waals surface area (Å²) in [4.78, 5) is 6.56. The van der Waals surface area contributed by atoms with Crippen LogP contribution in [0.3, 0.4) is 0 Å². The predicted octanol–water partition coefficient (Wildman–Crippen LogP) is 11.1. The molecule has 2 rings (SSSR count). The summed E-state index contributed by atoms with van der Waals surface area (Å²) in [7, 11) is 12.2. The zero-order valence-electron chi connectivity index (χ0n) is 41.8. The fourth-order valence-corrected chi connectivity index (χ4v) is 6.93. The molecule has 1 aliphatic heterocycles. The molecule has 5 atom stereocenters. The van der Waals surface area contributed by atoms with Crippen molar-refractivity contribution in [3.63, 3.8) is 0 Å². The molecule has 1 aliphatic carbocycles. The number of rotatable bonds is 9. The summed E-state index contributed by atoms with van der Waals surface area (Å²) >= 11 is 1.20. The molecule has 0 radical (unpaired) electrons. The molecule has 5 nitrogen and oxygen atoms in total. The fraction of sp³-hybridized carbons (Fsp3) is 0.717. The van der Waals surface area contributed by atoms with Gasteiger partial charge >= 0.3 is 133 Å². The van der Waals surface area contributed by atoms with E-state index < -0.39 is 0 Å². The third-order valence-corrected chi connectivity index (χ3v) is 10.9. The molecule has 0 bridgehead atoms. The Morgan fingerprint density at radius 2 is 1.22 bits per heavy atom. The Labute approximate surface area is 379 Å². The number of allylic oxidation sites excluding steroid dienone is 4. The Kier molecular flexibility index (Phi) is 36.4. The van der Waals surface area contributed by atoms with E-state index in [0.717, 1.165) is 40.4 Å². The maximum atomic E-state index is 5.90. The van der Waals surface area contributed by atoms with Gasteiger partial charge in [0.1, 0.15) is 0 Å². The second kappa shape index (κ2) is 35.3. The van der Waals surface area contributed by atoms with Crippen LogP contribution >= 0.6 is 0 Å². The van der Waals surface area contributed by atoms with Gasteiger partial charge in [-0.05, 0) is 84.1 Å². The summed E-state index contributed by atoms with van der Waals surface area (Å²) in [6.45, 7) is 32.0. The van der Waals surface area contributed by atoms with Crippen LogP contribution in [0.25, 0.3) is 0 Å². The SMILES string of the molecule is C#CC#CC([C](=[W])C#CC#CC)=C(C#CC)C(C)=[C-]C.C1CCCCC1.CC(C)(C)CCC(C)(C)C.CCC1OC(C)C(C)C(C)C1OC.CN(C)CN(C)CN(C)C. The average molecular weight is 983 g/mol. The van der Waals surface area contributed by atoms with Gasteiger partial charge in [-0.2, -0.15) is 0 Å².